The monoisotopic (exact) mass is 458 g/mol. The molecule has 0 aliphatic rings. The molecule has 3 N–H and O–H groups in total. The van der Waals surface area contributed by atoms with Crippen molar-refractivity contribution in [3.05, 3.63) is 95.2 Å². The number of carbonyl (C=O) groups is 1. The van der Waals surface area contributed by atoms with Crippen molar-refractivity contribution in [1.29, 1.82) is 0 Å². The molecule has 0 aliphatic carbocycles. The largest absolute Gasteiger partial charge is 0.490 e. The number of para-hydroxylation sites is 1. The summed E-state index contributed by atoms with van der Waals surface area (Å²) in [5.74, 6) is 0.440. The van der Waals surface area contributed by atoms with Crippen molar-refractivity contribution >= 4 is 16.9 Å². The summed E-state index contributed by atoms with van der Waals surface area (Å²) < 4.78 is 11.9. The molecule has 0 radical (unpaired) electrons. The summed E-state index contributed by atoms with van der Waals surface area (Å²) in [7, 11) is 0. The van der Waals surface area contributed by atoms with Crippen LogP contribution in [0.3, 0.4) is 0 Å². The van der Waals surface area contributed by atoms with E-state index < -0.39 is 12.0 Å². The zero-order valence-corrected chi connectivity index (χ0v) is 19.5. The highest BCUT2D eigenvalue weighted by atomic mass is 16.5. The third-order valence-corrected chi connectivity index (χ3v) is 5.90. The number of carboxylic acids is 1. The first-order chi connectivity index (χ1) is 16.5. The summed E-state index contributed by atoms with van der Waals surface area (Å²) in [5, 5.41) is 14.0. The van der Waals surface area contributed by atoms with E-state index in [1.807, 2.05) is 73.8 Å². The van der Waals surface area contributed by atoms with Gasteiger partial charge in [0, 0.05) is 30.1 Å². The van der Waals surface area contributed by atoms with Crippen molar-refractivity contribution in [2.45, 2.75) is 39.5 Å². The molecule has 0 unspecified atom stereocenters. The average molecular weight is 459 g/mol. The van der Waals surface area contributed by atoms with Crippen LogP contribution < -0.4 is 14.8 Å². The van der Waals surface area contributed by atoms with Gasteiger partial charge in [0.05, 0.1) is 6.61 Å². The lowest BCUT2D eigenvalue weighted by Gasteiger charge is -2.17. The molecular weight excluding hydrogens is 428 g/mol. The minimum Gasteiger partial charge on any atom is -0.490 e. The first-order valence-electron chi connectivity index (χ1n) is 11.5. The number of aromatic nitrogens is 1. The van der Waals surface area contributed by atoms with E-state index in [1.165, 1.54) is 5.56 Å². The lowest BCUT2D eigenvalue weighted by atomic mass is 10.0. The lowest BCUT2D eigenvalue weighted by Crippen LogP contribution is -2.38. The summed E-state index contributed by atoms with van der Waals surface area (Å²) in [6, 6.07) is 21.0. The molecule has 0 saturated heterocycles. The zero-order chi connectivity index (χ0) is 23.9. The molecule has 4 aromatic rings. The average Bonchev–Trinajstić information content (AvgIpc) is 3.25. The minimum absolute atomic E-state index is 0.384. The van der Waals surface area contributed by atoms with Crippen LogP contribution in [-0.4, -0.2) is 28.7 Å². The second kappa shape index (κ2) is 10.9. The van der Waals surface area contributed by atoms with Gasteiger partial charge in [0.25, 0.3) is 0 Å². The number of aryl methyl sites for hydroxylation is 1. The number of hydrogen-bond acceptors (Lipinski definition) is 4. The molecule has 1 aromatic heterocycles. The Kier molecular flexibility index (Phi) is 7.50. The van der Waals surface area contributed by atoms with Gasteiger partial charge in [-0.25, -0.2) is 0 Å². The van der Waals surface area contributed by atoms with E-state index in [9.17, 15) is 9.90 Å². The molecule has 0 amide bonds. The van der Waals surface area contributed by atoms with Crippen LogP contribution in [0.2, 0.25) is 0 Å². The highest BCUT2D eigenvalue weighted by molar-refractivity contribution is 5.84. The van der Waals surface area contributed by atoms with Crippen LogP contribution >= 0.6 is 0 Å². The summed E-state index contributed by atoms with van der Waals surface area (Å²) in [6.45, 7) is 5.35. The van der Waals surface area contributed by atoms with E-state index in [0.717, 1.165) is 27.6 Å². The van der Waals surface area contributed by atoms with E-state index in [2.05, 4.69) is 23.3 Å². The summed E-state index contributed by atoms with van der Waals surface area (Å²) >= 11 is 0. The van der Waals surface area contributed by atoms with E-state index in [4.69, 9.17) is 9.47 Å². The lowest BCUT2D eigenvalue weighted by molar-refractivity contribution is -0.139. The molecule has 6 nitrogen and oxygen atoms in total. The summed E-state index contributed by atoms with van der Waals surface area (Å²) in [4.78, 5) is 15.1. The van der Waals surface area contributed by atoms with Crippen molar-refractivity contribution in [3.63, 3.8) is 0 Å². The molecule has 176 valence electrons. The first-order valence-corrected chi connectivity index (χ1v) is 11.5. The van der Waals surface area contributed by atoms with Gasteiger partial charge in [-0.3, -0.25) is 4.79 Å². The molecular formula is C28H30N2O4. The van der Waals surface area contributed by atoms with E-state index in [-0.39, 0.29) is 0 Å². The Labute approximate surface area is 199 Å². The molecule has 6 heteroatoms. The fourth-order valence-electron chi connectivity index (χ4n) is 3.99. The van der Waals surface area contributed by atoms with Gasteiger partial charge in [-0.15, -0.1) is 0 Å². The van der Waals surface area contributed by atoms with E-state index >= 15 is 0 Å². The predicted molar refractivity (Wildman–Crippen MR) is 133 cm³/mol. The number of aliphatic carboxylic acids is 1. The van der Waals surface area contributed by atoms with Gasteiger partial charge >= 0.3 is 5.97 Å². The third-order valence-electron chi connectivity index (χ3n) is 5.90. The molecule has 1 heterocycles. The van der Waals surface area contributed by atoms with Gasteiger partial charge < -0.3 is 24.9 Å². The van der Waals surface area contributed by atoms with E-state index in [0.29, 0.717) is 37.7 Å². The Hall–Kier alpha value is -3.77. The number of fused-ring (bicyclic) bond motifs is 1. The van der Waals surface area contributed by atoms with Crippen LogP contribution in [0.1, 0.15) is 29.2 Å². The molecule has 0 aliphatic heterocycles. The standard InChI is InChI=1S/C28H30N2O4/c1-3-33-27-14-20(12-13-26(27)34-18-21-9-5-4-8-19(21)2)16-29-25(28(31)32)15-22-17-30-24-11-7-6-10-23(22)24/h4-14,17,25,29-30H,3,15-16,18H2,1-2H3,(H,31,32)/t25-/m0/s1. The number of nitrogens with one attached hydrogen (secondary N) is 2. The van der Waals surface area contributed by atoms with Crippen LogP contribution in [0.15, 0.2) is 72.9 Å². The van der Waals surface area contributed by atoms with Crippen LogP contribution in [0.25, 0.3) is 10.9 Å². The smallest absolute Gasteiger partial charge is 0.321 e. The van der Waals surface area contributed by atoms with Crippen molar-refractivity contribution in [2.75, 3.05) is 6.61 Å². The maximum atomic E-state index is 11.9. The van der Waals surface area contributed by atoms with E-state index in [1.54, 1.807) is 0 Å². The second-order valence-corrected chi connectivity index (χ2v) is 8.26. The maximum absolute atomic E-state index is 11.9. The molecule has 0 fully saturated rings. The SMILES string of the molecule is CCOc1cc(CN[C@@H](Cc2c[nH]c3ccccc23)C(=O)O)ccc1OCc1ccccc1C. The maximum Gasteiger partial charge on any atom is 0.321 e. The fraction of sp³-hybridized carbons (Fsp3) is 0.250. The minimum atomic E-state index is -0.881. The Morgan fingerprint density at radius 2 is 1.79 bits per heavy atom. The summed E-state index contributed by atoms with van der Waals surface area (Å²) in [5.41, 5.74) is 5.21. The van der Waals surface area contributed by atoms with Gasteiger partial charge in [-0.1, -0.05) is 48.5 Å². The first kappa shape index (κ1) is 23.4. The highest BCUT2D eigenvalue weighted by Gasteiger charge is 2.19. The number of aromatic amines is 1. The van der Waals surface area contributed by atoms with Crippen molar-refractivity contribution in [3.8, 4) is 11.5 Å². The van der Waals surface area contributed by atoms with Crippen LogP contribution in [0.4, 0.5) is 0 Å². The molecule has 4 rings (SSSR count). The van der Waals surface area contributed by atoms with Gasteiger partial charge in [-0.2, -0.15) is 0 Å². The molecule has 3 aromatic carbocycles. The Morgan fingerprint density at radius 1 is 1.00 bits per heavy atom. The van der Waals surface area contributed by atoms with Gasteiger partial charge in [-0.05, 0) is 54.3 Å². The Morgan fingerprint density at radius 3 is 2.59 bits per heavy atom. The molecule has 0 saturated carbocycles. The Balaban J connectivity index is 1.44. The van der Waals surface area contributed by atoms with Crippen LogP contribution in [0.5, 0.6) is 11.5 Å². The van der Waals surface area contributed by atoms with Gasteiger partial charge in [0.2, 0.25) is 0 Å². The normalized spacial score (nSPS) is 11.9. The number of ether oxygens (including phenoxy) is 2. The van der Waals surface area contributed by atoms with Gasteiger partial charge in [0.1, 0.15) is 12.6 Å². The zero-order valence-electron chi connectivity index (χ0n) is 19.5. The second-order valence-electron chi connectivity index (χ2n) is 8.26. The van der Waals surface area contributed by atoms with Crippen molar-refractivity contribution in [2.24, 2.45) is 0 Å². The number of carboxylic acid groups (broad SMARTS) is 1. The Bertz CT molecular complexity index is 1260. The molecule has 0 bridgehead atoms. The predicted octanol–water partition coefficient (Wildman–Crippen LogP) is 5.24. The van der Waals surface area contributed by atoms with Crippen LogP contribution in [0, 0.1) is 6.92 Å². The molecule has 1 atom stereocenters. The molecule has 0 spiro atoms. The quantitative estimate of drug-likeness (QED) is 0.286. The number of rotatable bonds is 11. The number of H-pyrrole nitrogens is 1. The number of benzene rings is 3. The fourth-order valence-corrected chi connectivity index (χ4v) is 3.99. The summed E-state index contributed by atoms with van der Waals surface area (Å²) in [6.07, 6.45) is 2.27. The van der Waals surface area contributed by atoms with Crippen LogP contribution in [-0.2, 0) is 24.4 Å². The topological polar surface area (TPSA) is 83.6 Å². The van der Waals surface area contributed by atoms with Crippen molar-refractivity contribution < 1.29 is 19.4 Å². The van der Waals surface area contributed by atoms with Gasteiger partial charge in [0.15, 0.2) is 11.5 Å². The van der Waals surface area contributed by atoms with Crippen molar-refractivity contribution in [1.82, 2.24) is 10.3 Å². The highest BCUT2D eigenvalue weighted by Crippen LogP contribution is 2.30. The molecule has 34 heavy (non-hydrogen) atoms. The third kappa shape index (κ3) is 5.58. The number of hydrogen-bond donors (Lipinski definition) is 3.